The Morgan fingerprint density at radius 3 is 1.97 bits per heavy atom. The molecule has 168 valence electrons. The van der Waals surface area contributed by atoms with E-state index < -0.39 is 34.7 Å². The Labute approximate surface area is 203 Å². The molecule has 0 atom stereocenters. The van der Waals surface area contributed by atoms with Crippen LogP contribution in [-0.2, 0) is 19.1 Å². The van der Waals surface area contributed by atoms with Gasteiger partial charge in [0.2, 0.25) is 0 Å². The molecule has 0 spiro atoms. The number of hydrazone groups is 1. The number of carbonyl (C=O) groups excluding carboxylic acids is 4. The quantitative estimate of drug-likeness (QED) is 0.163. The Bertz CT molecular complexity index is 1360. The van der Waals surface area contributed by atoms with E-state index in [1.807, 2.05) is 12.1 Å². The van der Waals surface area contributed by atoms with Crippen LogP contribution >= 0.6 is 15.9 Å². The molecule has 0 unspecified atom stereocenters. The van der Waals surface area contributed by atoms with E-state index in [1.54, 1.807) is 60.7 Å². The van der Waals surface area contributed by atoms with Crippen LogP contribution in [0.15, 0.2) is 106 Å². The molecule has 0 aliphatic carbocycles. The summed E-state index contributed by atoms with van der Waals surface area (Å²) >= 11 is 3.49. The van der Waals surface area contributed by atoms with Gasteiger partial charge in [-0.2, -0.15) is 10.1 Å². The van der Waals surface area contributed by atoms with Crippen LogP contribution in [-0.4, -0.2) is 41.3 Å². The highest BCUT2D eigenvalue weighted by Gasteiger charge is 2.46. The molecule has 0 fully saturated rings. The van der Waals surface area contributed by atoms with E-state index in [0.29, 0.717) is 26.3 Å². The van der Waals surface area contributed by atoms with Crippen LogP contribution in [0.3, 0.4) is 0 Å². The average molecular weight is 517 g/mol. The summed E-state index contributed by atoms with van der Waals surface area (Å²) in [6.45, 7) is 0. The monoisotopic (exact) mass is 516 g/mol. The molecule has 1 aliphatic rings. The van der Waals surface area contributed by atoms with Gasteiger partial charge in [0.05, 0.1) is 12.8 Å². The van der Waals surface area contributed by atoms with Gasteiger partial charge in [-0.05, 0) is 6.07 Å². The number of esters is 1. The number of ether oxygens (including phenoxy) is 1. The standard InChI is InChI=1S/C26H17BrN2O5/c1-34-26(33)22-20(23(30)17-12-6-3-7-13-17)24(31)25(32)29(22)28-21(16-10-4-2-5-11-16)18-14-8-9-15-19(18)27/h2-15H,1H3/b28-21+. The number of benzene rings is 3. The third-order valence-electron chi connectivity index (χ3n) is 5.08. The first-order valence-corrected chi connectivity index (χ1v) is 10.9. The number of nitrogens with zero attached hydrogens (tertiary/aromatic N) is 2. The van der Waals surface area contributed by atoms with E-state index in [-0.39, 0.29) is 5.56 Å². The summed E-state index contributed by atoms with van der Waals surface area (Å²) in [4.78, 5) is 51.8. The van der Waals surface area contributed by atoms with Crippen molar-refractivity contribution in [3.05, 3.63) is 117 Å². The number of ketones is 2. The number of carbonyl (C=O) groups is 4. The molecule has 3 aromatic carbocycles. The van der Waals surface area contributed by atoms with E-state index in [4.69, 9.17) is 4.74 Å². The number of halogens is 1. The molecular formula is C26H17BrN2O5. The Morgan fingerprint density at radius 1 is 0.824 bits per heavy atom. The van der Waals surface area contributed by atoms with Crippen molar-refractivity contribution in [2.45, 2.75) is 0 Å². The van der Waals surface area contributed by atoms with Crippen LogP contribution < -0.4 is 0 Å². The zero-order valence-corrected chi connectivity index (χ0v) is 19.5. The molecular weight excluding hydrogens is 500 g/mol. The average Bonchev–Trinajstić information content (AvgIpc) is 3.12. The molecule has 1 aliphatic heterocycles. The normalized spacial score (nSPS) is 13.9. The number of methoxy groups -OCH3 is 1. The first kappa shape index (κ1) is 23.0. The van der Waals surface area contributed by atoms with E-state index in [1.165, 1.54) is 12.1 Å². The van der Waals surface area contributed by atoms with Crippen LogP contribution in [0.4, 0.5) is 0 Å². The van der Waals surface area contributed by atoms with Gasteiger partial charge >= 0.3 is 11.9 Å². The maximum Gasteiger partial charge on any atom is 0.357 e. The molecule has 0 radical (unpaired) electrons. The molecule has 0 saturated heterocycles. The minimum Gasteiger partial charge on any atom is -0.464 e. The number of hydrogen-bond acceptors (Lipinski definition) is 6. The number of hydrogen-bond donors (Lipinski definition) is 0. The first-order valence-electron chi connectivity index (χ1n) is 10.1. The Morgan fingerprint density at radius 2 is 1.38 bits per heavy atom. The molecule has 0 aromatic heterocycles. The minimum atomic E-state index is -1.13. The fourth-order valence-electron chi connectivity index (χ4n) is 3.46. The van der Waals surface area contributed by atoms with E-state index in [9.17, 15) is 19.2 Å². The van der Waals surface area contributed by atoms with Crippen LogP contribution in [0, 0.1) is 0 Å². The summed E-state index contributed by atoms with van der Waals surface area (Å²) in [5.74, 6) is -4.04. The second-order valence-corrected chi connectivity index (χ2v) is 8.01. The van der Waals surface area contributed by atoms with Crippen molar-refractivity contribution in [1.82, 2.24) is 5.01 Å². The van der Waals surface area contributed by atoms with Crippen molar-refractivity contribution >= 4 is 45.1 Å². The van der Waals surface area contributed by atoms with Gasteiger partial charge in [-0.25, -0.2) is 4.79 Å². The molecule has 7 nitrogen and oxygen atoms in total. The Balaban J connectivity index is 1.95. The minimum absolute atomic E-state index is 0.153. The largest absolute Gasteiger partial charge is 0.464 e. The molecule has 3 aromatic rings. The highest BCUT2D eigenvalue weighted by Crippen LogP contribution is 2.29. The van der Waals surface area contributed by atoms with Gasteiger partial charge in [0.15, 0.2) is 11.5 Å². The zero-order chi connectivity index (χ0) is 24.2. The van der Waals surface area contributed by atoms with E-state index in [0.717, 1.165) is 7.11 Å². The van der Waals surface area contributed by atoms with Gasteiger partial charge in [0.25, 0.3) is 5.78 Å². The van der Waals surface area contributed by atoms with Gasteiger partial charge in [-0.1, -0.05) is 94.8 Å². The van der Waals surface area contributed by atoms with Crippen molar-refractivity contribution in [3.8, 4) is 0 Å². The van der Waals surface area contributed by atoms with Crippen LogP contribution in [0.25, 0.3) is 0 Å². The van der Waals surface area contributed by atoms with Crippen LogP contribution in [0.2, 0.25) is 0 Å². The summed E-state index contributed by atoms with van der Waals surface area (Å²) in [5, 5.41) is 5.08. The Hall–Kier alpha value is -4.17. The lowest BCUT2D eigenvalue weighted by Crippen LogP contribution is -2.29. The van der Waals surface area contributed by atoms with Crippen LogP contribution in [0.5, 0.6) is 0 Å². The van der Waals surface area contributed by atoms with Gasteiger partial charge in [0.1, 0.15) is 5.57 Å². The van der Waals surface area contributed by atoms with Gasteiger partial charge in [-0.3, -0.25) is 14.4 Å². The molecule has 34 heavy (non-hydrogen) atoms. The summed E-state index contributed by atoms with van der Waals surface area (Å²) in [6.07, 6.45) is 0. The molecule has 0 saturated carbocycles. The molecule has 0 N–H and O–H groups in total. The second kappa shape index (κ2) is 9.76. The summed E-state index contributed by atoms with van der Waals surface area (Å²) in [6, 6.07) is 24.0. The maximum atomic E-state index is 13.1. The second-order valence-electron chi connectivity index (χ2n) is 7.15. The Kier molecular flexibility index (Phi) is 6.60. The molecule has 4 rings (SSSR count). The third-order valence-corrected chi connectivity index (χ3v) is 5.77. The SMILES string of the molecule is COC(=O)C1=C(C(=O)c2ccccc2)C(=O)C(=O)N1/N=C(\c1ccccc1)c1ccccc1Br. The van der Waals surface area contributed by atoms with Crippen molar-refractivity contribution in [2.75, 3.05) is 7.11 Å². The summed E-state index contributed by atoms with van der Waals surface area (Å²) < 4.78 is 5.50. The molecule has 1 heterocycles. The molecule has 0 bridgehead atoms. The maximum absolute atomic E-state index is 13.1. The smallest absolute Gasteiger partial charge is 0.357 e. The number of amides is 1. The fourth-order valence-corrected chi connectivity index (χ4v) is 3.93. The lowest BCUT2D eigenvalue weighted by atomic mass is 10.00. The van der Waals surface area contributed by atoms with Crippen molar-refractivity contribution < 1.29 is 23.9 Å². The van der Waals surface area contributed by atoms with Gasteiger partial charge < -0.3 is 4.74 Å². The van der Waals surface area contributed by atoms with Crippen molar-refractivity contribution in [2.24, 2.45) is 5.10 Å². The lowest BCUT2D eigenvalue weighted by molar-refractivity contribution is -0.143. The number of Topliss-reactive ketones (excluding diaryl/α,β-unsaturated/α-hetero) is 2. The third kappa shape index (κ3) is 4.23. The van der Waals surface area contributed by atoms with Gasteiger partial charge in [0, 0.05) is 21.2 Å². The van der Waals surface area contributed by atoms with E-state index >= 15 is 0 Å². The van der Waals surface area contributed by atoms with Crippen molar-refractivity contribution in [3.63, 3.8) is 0 Å². The molecule has 1 amide bonds. The summed E-state index contributed by atoms with van der Waals surface area (Å²) in [7, 11) is 1.10. The predicted molar refractivity (Wildman–Crippen MR) is 128 cm³/mol. The topological polar surface area (TPSA) is 93.1 Å². The number of rotatable bonds is 6. The summed E-state index contributed by atoms with van der Waals surface area (Å²) in [5.41, 5.74) is 0.602. The fraction of sp³-hybridized carbons (Fsp3) is 0.0385. The lowest BCUT2D eigenvalue weighted by Gasteiger charge is -2.16. The molecule has 8 heteroatoms. The predicted octanol–water partition coefficient (Wildman–Crippen LogP) is 3.92. The highest BCUT2D eigenvalue weighted by atomic mass is 79.9. The van der Waals surface area contributed by atoms with Gasteiger partial charge in [-0.15, -0.1) is 0 Å². The van der Waals surface area contributed by atoms with E-state index in [2.05, 4.69) is 21.0 Å². The highest BCUT2D eigenvalue weighted by molar-refractivity contribution is 9.10. The van der Waals surface area contributed by atoms with Crippen molar-refractivity contribution in [1.29, 1.82) is 0 Å². The zero-order valence-electron chi connectivity index (χ0n) is 17.9. The van der Waals surface area contributed by atoms with Crippen LogP contribution in [0.1, 0.15) is 21.5 Å². The first-order chi connectivity index (χ1) is 16.4.